The second kappa shape index (κ2) is 7.70. The fourth-order valence-electron chi connectivity index (χ4n) is 6.01. The van der Waals surface area contributed by atoms with E-state index in [2.05, 4.69) is 30.6 Å². The normalized spacial score (nSPS) is 27.8. The zero-order chi connectivity index (χ0) is 19.9. The Morgan fingerprint density at radius 2 is 2.04 bits per heavy atom. The van der Waals surface area contributed by atoms with Crippen LogP contribution in [0.3, 0.4) is 0 Å². The zero-order valence-electron chi connectivity index (χ0n) is 17.5. The molecule has 4 nitrogen and oxygen atoms in total. The second-order valence-electron chi connectivity index (χ2n) is 8.96. The van der Waals surface area contributed by atoms with Crippen molar-refractivity contribution < 1.29 is 4.74 Å². The maximum absolute atomic E-state index is 6.55. The van der Waals surface area contributed by atoms with Crippen molar-refractivity contribution in [1.29, 1.82) is 0 Å². The van der Waals surface area contributed by atoms with Gasteiger partial charge in [-0.1, -0.05) is 38.3 Å². The van der Waals surface area contributed by atoms with Crippen molar-refractivity contribution in [2.45, 2.75) is 64.2 Å². The molecule has 152 valence electrons. The Hall–Kier alpha value is -1.55. The van der Waals surface area contributed by atoms with E-state index in [1.165, 1.54) is 50.8 Å². The largest absolute Gasteiger partial charge is 0.497 e. The van der Waals surface area contributed by atoms with Gasteiger partial charge in [0.25, 0.3) is 0 Å². The van der Waals surface area contributed by atoms with Gasteiger partial charge < -0.3 is 9.30 Å². The minimum atomic E-state index is 0.169. The summed E-state index contributed by atoms with van der Waals surface area (Å²) in [6.07, 6.45) is 9.07. The number of benzene rings is 1. The lowest BCUT2D eigenvalue weighted by molar-refractivity contribution is 0.0177. The quantitative estimate of drug-likeness (QED) is 0.593. The van der Waals surface area contributed by atoms with Crippen LogP contribution in [0.15, 0.2) is 18.2 Å². The fourth-order valence-corrected chi connectivity index (χ4v) is 6.26. The van der Waals surface area contributed by atoms with Gasteiger partial charge in [-0.3, -0.25) is 0 Å². The molecule has 3 saturated carbocycles. The van der Waals surface area contributed by atoms with E-state index in [9.17, 15) is 0 Å². The predicted molar refractivity (Wildman–Crippen MR) is 114 cm³/mol. The molecule has 1 aromatic carbocycles. The lowest BCUT2D eigenvalue weighted by Gasteiger charge is -2.53. The molecule has 1 heterocycles. The van der Waals surface area contributed by atoms with Crippen molar-refractivity contribution in [3.05, 3.63) is 29.0 Å². The standard InChI is InChI=1S/C23H32ClN3O/c1-5-6-15(2)19-13-16-9-11-23(19,12-10-16)22-26-25-21(27(22)3)18-8-7-17(28-4)14-20(18)24/h7-8,14-16,19H,5-6,9-13H2,1-4H3. The molecule has 3 fully saturated rings. The van der Waals surface area contributed by atoms with E-state index in [1.54, 1.807) is 7.11 Å². The number of methoxy groups -OCH3 is 1. The Labute approximate surface area is 173 Å². The third kappa shape index (κ3) is 3.14. The Morgan fingerprint density at radius 3 is 2.68 bits per heavy atom. The van der Waals surface area contributed by atoms with Crippen LogP contribution in [0, 0.1) is 17.8 Å². The molecule has 0 spiro atoms. The third-order valence-corrected chi connectivity index (χ3v) is 7.78. The highest BCUT2D eigenvalue weighted by Crippen LogP contribution is 2.57. The van der Waals surface area contributed by atoms with Gasteiger partial charge in [0.15, 0.2) is 5.82 Å². The summed E-state index contributed by atoms with van der Waals surface area (Å²) in [5.41, 5.74) is 1.09. The number of aromatic nitrogens is 3. The van der Waals surface area contributed by atoms with Crippen molar-refractivity contribution >= 4 is 11.6 Å². The summed E-state index contributed by atoms with van der Waals surface area (Å²) in [6, 6.07) is 5.77. The van der Waals surface area contributed by atoms with Crippen LogP contribution in [0.2, 0.25) is 5.02 Å². The highest BCUT2D eigenvalue weighted by atomic mass is 35.5. The smallest absolute Gasteiger partial charge is 0.165 e. The Balaban J connectivity index is 1.74. The van der Waals surface area contributed by atoms with Crippen molar-refractivity contribution in [1.82, 2.24) is 14.8 Å². The molecule has 3 aliphatic rings. The number of rotatable bonds is 6. The van der Waals surface area contributed by atoms with Gasteiger partial charge in [0.1, 0.15) is 11.6 Å². The number of hydrogen-bond donors (Lipinski definition) is 0. The van der Waals surface area contributed by atoms with Gasteiger partial charge in [0.05, 0.1) is 12.1 Å². The number of halogens is 1. The van der Waals surface area contributed by atoms with E-state index in [0.717, 1.165) is 29.0 Å². The topological polar surface area (TPSA) is 39.9 Å². The van der Waals surface area contributed by atoms with Gasteiger partial charge in [-0.05, 0) is 68.1 Å². The number of nitrogens with zero attached hydrogens (tertiary/aromatic N) is 3. The van der Waals surface area contributed by atoms with Crippen LogP contribution in [0.5, 0.6) is 5.75 Å². The van der Waals surface area contributed by atoms with Gasteiger partial charge in [0, 0.05) is 18.0 Å². The van der Waals surface area contributed by atoms with Crippen LogP contribution in [-0.4, -0.2) is 21.9 Å². The molecule has 0 N–H and O–H groups in total. The molecule has 1 aromatic heterocycles. The molecule has 2 aromatic rings. The summed E-state index contributed by atoms with van der Waals surface area (Å²) >= 11 is 6.55. The van der Waals surface area contributed by atoms with Crippen molar-refractivity contribution in [3.8, 4) is 17.1 Å². The first-order chi connectivity index (χ1) is 13.5. The molecule has 0 radical (unpaired) electrons. The van der Waals surface area contributed by atoms with Crippen molar-refractivity contribution in [2.24, 2.45) is 24.8 Å². The number of ether oxygens (including phenoxy) is 1. The van der Waals surface area contributed by atoms with E-state index < -0.39 is 0 Å². The highest BCUT2D eigenvalue weighted by molar-refractivity contribution is 6.33. The van der Waals surface area contributed by atoms with Gasteiger partial charge in [-0.15, -0.1) is 10.2 Å². The van der Waals surface area contributed by atoms with Crippen molar-refractivity contribution in [3.63, 3.8) is 0 Å². The number of fused-ring (bicyclic) bond motifs is 3. The Kier molecular flexibility index (Phi) is 5.43. The van der Waals surface area contributed by atoms with Crippen LogP contribution in [0.1, 0.15) is 64.6 Å². The minimum absolute atomic E-state index is 0.169. The van der Waals surface area contributed by atoms with Gasteiger partial charge >= 0.3 is 0 Å². The molecular weight excluding hydrogens is 370 g/mol. The van der Waals surface area contributed by atoms with Gasteiger partial charge in [-0.2, -0.15) is 0 Å². The third-order valence-electron chi connectivity index (χ3n) is 7.46. The first kappa shape index (κ1) is 19.8. The molecule has 0 saturated heterocycles. The molecular formula is C23H32ClN3O. The maximum Gasteiger partial charge on any atom is 0.165 e. The molecule has 3 aliphatic carbocycles. The summed E-state index contributed by atoms with van der Waals surface area (Å²) < 4.78 is 7.50. The lowest BCUT2D eigenvalue weighted by Crippen LogP contribution is -2.49. The fraction of sp³-hybridized carbons (Fsp3) is 0.652. The molecule has 0 amide bonds. The Morgan fingerprint density at radius 1 is 1.29 bits per heavy atom. The van der Waals surface area contributed by atoms with Crippen LogP contribution in [0.4, 0.5) is 0 Å². The van der Waals surface area contributed by atoms with E-state index >= 15 is 0 Å². The highest BCUT2D eigenvalue weighted by Gasteiger charge is 2.52. The first-order valence-electron chi connectivity index (χ1n) is 10.7. The van der Waals surface area contributed by atoms with E-state index in [0.29, 0.717) is 10.9 Å². The SMILES string of the molecule is CCCC(C)C1CC2CCC1(c1nnc(-c3ccc(OC)cc3Cl)n1C)CC2. The van der Waals surface area contributed by atoms with E-state index in [4.69, 9.17) is 21.4 Å². The average molecular weight is 402 g/mol. The molecule has 0 aliphatic heterocycles. The lowest BCUT2D eigenvalue weighted by atomic mass is 9.51. The summed E-state index contributed by atoms with van der Waals surface area (Å²) in [6.45, 7) is 4.75. The number of hydrogen-bond acceptors (Lipinski definition) is 3. The van der Waals surface area contributed by atoms with Gasteiger partial charge in [0.2, 0.25) is 0 Å². The average Bonchev–Trinajstić information content (AvgIpc) is 3.10. The summed E-state index contributed by atoms with van der Waals surface area (Å²) in [4.78, 5) is 0. The van der Waals surface area contributed by atoms with Crippen LogP contribution < -0.4 is 4.74 Å². The Bertz CT molecular complexity index is 838. The first-order valence-corrected chi connectivity index (χ1v) is 11.1. The van der Waals surface area contributed by atoms with Gasteiger partial charge in [-0.25, -0.2) is 0 Å². The van der Waals surface area contributed by atoms with Crippen molar-refractivity contribution in [2.75, 3.05) is 7.11 Å². The van der Waals surface area contributed by atoms with Crippen LogP contribution in [0.25, 0.3) is 11.4 Å². The van der Waals surface area contributed by atoms with Crippen LogP contribution >= 0.6 is 11.6 Å². The molecule has 2 atom stereocenters. The minimum Gasteiger partial charge on any atom is -0.497 e. The summed E-state index contributed by atoms with van der Waals surface area (Å²) in [5.74, 6) is 5.13. The van der Waals surface area contributed by atoms with Crippen LogP contribution in [-0.2, 0) is 12.5 Å². The molecule has 2 unspecified atom stereocenters. The molecule has 28 heavy (non-hydrogen) atoms. The summed E-state index contributed by atoms with van der Waals surface area (Å²) in [5, 5.41) is 10.1. The monoisotopic (exact) mass is 401 g/mol. The second-order valence-corrected chi connectivity index (χ2v) is 9.37. The van der Waals surface area contributed by atoms with E-state index in [-0.39, 0.29) is 5.41 Å². The maximum atomic E-state index is 6.55. The molecule has 5 heteroatoms. The van der Waals surface area contributed by atoms with E-state index in [1.807, 2.05) is 18.2 Å². The summed E-state index contributed by atoms with van der Waals surface area (Å²) in [7, 11) is 3.77. The molecule has 5 rings (SSSR count). The predicted octanol–water partition coefficient (Wildman–Crippen LogP) is 6.03. The zero-order valence-corrected chi connectivity index (χ0v) is 18.3. The molecule has 2 bridgehead atoms.